The second kappa shape index (κ2) is 7.54. The average Bonchev–Trinajstić information content (AvgIpc) is 3.21. The zero-order chi connectivity index (χ0) is 19.8. The molecule has 0 spiro atoms. The van der Waals surface area contributed by atoms with Crippen LogP contribution in [0.5, 0.6) is 11.5 Å². The molecule has 1 aromatic heterocycles. The van der Waals surface area contributed by atoms with Crippen molar-refractivity contribution in [2.45, 2.75) is 13.5 Å². The summed E-state index contributed by atoms with van der Waals surface area (Å²) in [6.45, 7) is 2.20. The highest BCUT2D eigenvalue weighted by Gasteiger charge is 2.22. The Labute approximate surface area is 175 Å². The number of hydrogen-bond acceptors (Lipinski definition) is 4. The van der Waals surface area contributed by atoms with Crippen molar-refractivity contribution in [1.29, 1.82) is 0 Å². The summed E-state index contributed by atoms with van der Waals surface area (Å²) in [6.07, 6.45) is 0. The minimum Gasteiger partial charge on any atom is -0.454 e. The highest BCUT2D eigenvalue weighted by atomic mass is 35.5. The topological polar surface area (TPSA) is 65.4 Å². The summed E-state index contributed by atoms with van der Waals surface area (Å²) < 4.78 is 12.1. The maximum Gasteiger partial charge on any atom is 0.260 e. The molecule has 0 atom stereocenters. The lowest BCUT2D eigenvalue weighted by Gasteiger charge is -2.08. The molecule has 1 aliphatic heterocycles. The first kappa shape index (κ1) is 18.9. The second-order valence-electron chi connectivity index (χ2n) is 6.17. The van der Waals surface area contributed by atoms with Crippen molar-refractivity contribution in [3.63, 3.8) is 0 Å². The van der Waals surface area contributed by atoms with Crippen LogP contribution in [0.1, 0.15) is 21.6 Å². The molecule has 0 saturated carbocycles. The Morgan fingerprint density at radius 2 is 1.93 bits per heavy atom. The van der Waals surface area contributed by atoms with Gasteiger partial charge in [0.1, 0.15) is 5.15 Å². The van der Waals surface area contributed by atoms with Crippen molar-refractivity contribution in [2.24, 2.45) is 0 Å². The minimum atomic E-state index is -0.366. The van der Waals surface area contributed by atoms with Gasteiger partial charge in [0.2, 0.25) is 6.79 Å². The van der Waals surface area contributed by atoms with Crippen LogP contribution < -0.4 is 14.8 Å². The molecular weight excluding hydrogens is 425 g/mol. The van der Waals surface area contributed by atoms with E-state index in [1.54, 1.807) is 43.3 Å². The number of anilines is 1. The number of carbonyl (C=O) groups is 1. The summed E-state index contributed by atoms with van der Waals surface area (Å²) in [6, 6.07) is 10.3. The number of halogens is 3. The normalized spacial score (nSPS) is 12.3. The van der Waals surface area contributed by atoms with Crippen LogP contribution in [0, 0.1) is 6.92 Å². The Hall–Kier alpha value is -2.41. The monoisotopic (exact) mass is 437 g/mol. The first-order valence-electron chi connectivity index (χ1n) is 8.30. The molecule has 0 aliphatic carbocycles. The molecule has 9 heteroatoms. The fourth-order valence-electron chi connectivity index (χ4n) is 2.90. The summed E-state index contributed by atoms with van der Waals surface area (Å²) in [5.74, 6) is 0.850. The standard InChI is InChI=1S/C19H14Cl3N3O3/c1-10-17(19(26)23-13-4-5-15-16(7-13)28-9-27-15)18(22)25(24-10)8-11-2-3-12(20)6-14(11)21/h2-7H,8-9H2,1H3,(H,23,26). The van der Waals surface area contributed by atoms with Gasteiger partial charge in [0.05, 0.1) is 17.8 Å². The van der Waals surface area contributed by atoms with E-state index in [1.807, 2.05) is 0 Å². The van der Waals surface area contributed by atoms with Gasteiger partial charge in [0.25, 0.3) is 5.91 Å². The van der Waals surface area contributed by atoms with E-state index in [-0.39, 0.29) is 17.9 Å². The van der Waals surface area contributed by atoms with Gasteiger partial charge in [-0.15, -0.1) is 0 Å². The molecule has 0 unspecified atom stereocenters. The molecule has 2 aromatic carbocycles. The van der Waals surface area contributed by atoms with Crippen molar-refractivity contribution >= 4 is 46.4 Å². The van der Waals surface area contributed by atoms with E-state index in [9.17, 15) is 4.79 Å². The molecule has 28 heavy (non-hydrogen) atoms. The fourth-order valence-corrected chi connectivity index (χ4v) is 3.68. The Morgan fingerprint density at radius 1 is 1.14 bits per heavy atom. The Morgan fingerprint density at radius 3 is 2.71 bits per heavy atom. The van der Waals surface area contributed by atoms with E-state index in [4.69, 9.17) is 44.3 Å². The number of carbonyl (C=O) groups excluding carboxylic acids is 1. The van der Waals surface area contributed by atoms with Gasteiger partial charge in [-0.2, -0.15) is 5.10 Å². The first-order chi connectivity index (χ1) is 13.4. The number of nitrogens with zero attached hydrogens (tertiary/aromatic N) is 2. The van der Waals surface area contributed by atoms with Crippen LogP contribution in [0.15, 0.2) is 36.4 Å². The number of aryl methyl sites for hydroxylation is 1. The van der Waals surface area contributed by atoms with Crippen molar-refractivity contribution in [3.05, 3.63) is 68.4 Å². The maximum absolute atomic E-state index is 12.8. The lowest BCUT2D eigenvalue weighted by Crippen LogP contribution is -2.13. The van der Waals surface area contributed by atoms with E-state index in [0.29, 0.717) is 45.0 Å². The van der Waals surface area contributed by atoms with Crippen molar-refractivity contribution in [2.75, 3.05) is 12.1 Å². The van der Waals surface area contributed by atoms with Gasteiger partial charge in [-0.1, -0.05) is 40.9 Å². The number of hydrogen-bond donors (Lipinski definition) is 1. The van der Waals surface area contributed by atoms with E-state index in [1.165, 1.54) is 4.68 Å². The minimum absolute atomic E-state index is 0.164. The number of nitrogens with one attached hydrogen (secondary N) is 1. The summed E-state index contributed by atoms with van der Waals surface area (Å²) in [7, 11) is 0. The van der Waals surface area contributed by atoms with Crippen molar-refractivity contribution in [1.82, 2.24) is 9.78 Å². The lowest BCUT2D eigenvalue weighted by atomic mass is 10.2. The number of ether oxygens (including phenoxy) is 2. The number of amides is 1. The third-order valence-electron chi connectivity index (χ3n) is 4.26. The van der Waals surface area contributed by atoms with E-state index in [0.717, 1.165) is 5.56 Å². The summed E-state index contributed by atoms with van der Waals surface area (Å²) >= 11 is 18.6. The molecule has 3 aromatic rings. The predicted molar refractivity (Wildman–Crippen MR) is 108 cm³/mol. The number of fused-ring (bicyclic) bond motifs is 1. The first-order valence-corrected chi connectivity index (χ1v) is 9.43. The van der Waals surface area contributed by atoms with Crippen LogP contribution in [0.25, 0.3) is 0 Å². The molecule has 0 radical (unpaired) electrons. The van der Waals surface area contributed by atoms with Crippen molar-refractivity contribution in [3.8, 4) is 11.5 Å². The van der Waals surface area contributed by atoms with Gasteiger partial charge in [-0.3, -0.25) is 4.79 Å². The van der Waals surface area contributed by atoms with Gasteiger partial charge in [0, 0.05) is 21.8 Å². The van der Waals surface area contributed by atoms with Crippen LogP contribution in [-0.4, -0.2) is 22.5 Å². The second-order valence-corrected chi connectivity index (χ2v) is 7.37. The summed E-state index contributed by atoms with van der Waals surface area (Å²) in [5.41, 5.74) is 2.16. The average molecular weight is 439 g/mol. The molecule has 0 saturated heterocycles. The third kappa shape index (κ3) is 3.63. The van der Waals surface area contributed by atoms with Gasteiger partial charge in [-0.05, 0) is 36.8 Å². The van der Waals surface area contributed by atoms with Gasteiger partial charge < -0.3 is 14.8 Å². The van der Waals surface area contributed by atoms with Gasteiger partial charge in [0.15, 0.2) is 11.5 Å². The Bertz CT molecular complexity index is 1080. The highest BCUT2D eigenvalue weighted by Crippen LogP contribution is 2.34. The summed E-state index contributed by atoms with van der Waals surface area (Å²) in [4.78, 5) is 12.8. The molecule has 6 nitrogen and oxygen atoms in total. The molecule has 0 fully saturated rings. The Balaban J connectivity index is 1.57. The molecule has 2 heterocycles. The van der Waals surface area contributed by atoms with Gasteiger partial charge >= 0.3 is 0 Å². The van der Waals surface area contributed by atoms with Crippen molar-refractivity contribution < 1.29 is 14.3 Å². The van der Waals surface area contributed by atoms with Crippen LogP contribution in [0.3, 0.4) is 0 Å². The predicted octanol–water partition coefficient (Wildman–Crippen LogP) is 5.18. The number of rotatable bonds is 4. The van der Waals surface area contributed by atoms with E-state index >= 15 is 0 Å². The maximum atomic E-state index is 12.8. The molecule has 1 N–H and O–H groups in total. The lowest BCUT2D eigenvalue weighted by molar-refractivity contribution is 0.102. The van der Waals surface area contributed by atoms with Crippen LogP contribution in [0.4, 0.5) is 5.69 Å². The SMILES string of the molecule is Cc1nn(Cc2ccc(Cl)cc2Cl)c(Cl)c1C(=O)Nc1ccc2c(c1)OCO2. The molecule has 144 valence electrons. The Kier molecular flexibility index (Phi) is 5.10. The van der Waals surface area contributed by atoms with Crippen LogP contribution in [-0.2, 0) is 6.54 Å². The molecule has 0 bridgehead atoms. The van der Waals surface area contributed by atoms with E-state index in [2.05, 4.69) is 10.4 Å². The summed E-state index contributed by atoms with van der Waals surface area (Å²) in [5, 5.41) is 8.46. The van der Waals surface area contributed by atoms with Gasteiger partial charge in [-0.25, -0.2) is 4.68 Å². The largest absolute Gasteiger partial charge is 0.454 e. The van der Waals surface area contributed by atoms with E-state index < -0.39 is 0 Å². The zero-order valence-corrected chi connectivity index (χ0v) is 16.9. The smallest absolute Gasteiger partial charge is 0.260 e. The fraction of sp³-hybridized carbons (Fsp3) is 0.158. The molecular formula is C19H14Cl3N3O3. The third-order valence-corrected chi connectivity index (χ3v) is 5.23. The number of aromatic nitrogens is 2. The van der Waals surface area contributed by atoms with Crippen LogP contribution in [0.2, 0.25) is 15.2 Å². The van der Waals surface area contributed by atoms with Crippen LogP contribution >= 0.6 is 34.8 Å². The number of benzene rings is 2. The highest BCUT2D eigenvalue weighted by molar-refractivity contribution is 6.35. The quantitative estimate of drug-likeness (QED) is 0.609. The molecule has 1 amide bonds. The molecule has 1 aliphatic rings. The molecule has 4 rings (SSSR count). The zero-order valence-electron chi connectivity index (χ0n) is 14.6.